The Morgan fingerprint density at radius 2 is 1.97 bits per heavy atom. The molecule has 0 radical (unpaired) electrons. The van der Waals surface area contributed by atoms with Crippen LogP contribution in [-0.4, -0.2) is 41.3 Å². The van der Waals surface area contributed by atoms with Crippen LogP contribution in [0.3, 0.4) is 0 Å². The fraction of sp³-hybridized carbons (Fsp3) is 0.400. The molecule has 10 heteroatoms. The van der Waals surface area contributed by atoms with Gasteiger partial charge in [0.25, 0.3) is 11.8 Å². The lowest BCUT2D eigenvalue weighted by molar-refractivity contribution is -0.141. The largest absolute Gasteiger partial charge is 0.433 e. The molecular formula is C20H21ClF5N3O. The van der Waals surface area contributed by atoms with E-state index in [0.717, 1.165) is 12.3 Å². The summed E-state index contributed by atoms with van der Waals surface area (Å²) in [5.41, 5.74) is -0.623. The number of hydrogen-bond acceptors (Lipinski definition) is 3. The fourth-order valence-electron chi connectivity index (χ4n) is 3.08. The molecule has 0 saturated carbocycles. The summed E-state index contributed by atoms with van der Waals surface area (Å²) in [7, 11) is 0. The molecule has 2 heterocycles. The van der Waals surface area contributed by atoms with Crippen LogP contribution in [0.4, 0.5) is 22.0 Å². The number of hydrogen-bond donors (Lipinski definition) is 1. The number of carbonyl (C=O) groups is 1. The van der Waals surface area contributed by atoms with E-state index in [1.807, 2.05) is 0 Å². The van der Waals surface area contributed by atoms with Crippen molar-refractivity contribution in [3.05, 3.63) is 65.5 Å². The first kappa shape index (κ1) is 24.0. The normalized spacial score (nSPS) is 18.5. The van der Waals surface area contributed by atoms with Gasteiger partial charge in [-0.05, 0) is 17.7 Å². The minimum atomic E-state index is -4.60. The summed E-state index contributed by atoms with van der Waals surface area (Å²) in [6.07, 6.45) is -1.60. The number of likely N-dealkylation sites (tertiary alicyclic amines) is 1. The van der Waals surface area contributed by atoms with Crippen molar-refractivity contribution >= 4 is 17.5 Å². The molecule has 0 aromatic carbocycles. The molecule has 0 aliphatic carbocycles. The number of nitrogens with one attached hydrogen (secondary N) is 1. The summed E-state index contributed by atoms with van der Waals surface area (Å²) in [4.78, 5) is 17.5. The molecule has 4 nitrogen and oxygen atoms in total. The van der Waals surface area contributed by atoms with Crippen molar-refractivity contribution in [2.45, 2.75) is 31.0 Å². The fourth-order valence-corrected chi connectivity index (χ4v) is 3.23. The molecule has 1 unspecified atom stereocenters. The van der Waals surface area contributed by atoms with Gasteiger partial charge < -0.3 is 5.32 Å². The van der Waals surface area contributed by atoms with Gasteiger partial charge in [0, 0.05) is 43.7 Å². The van der Waals surface area contributed by atoms with Crippen LogP contribution in [0.2, 0.25) is 0 Å². The lowest BCUT2D eigenvalue weighted by Gasteiger charge is -2.37. The Morgan fingerprint density at radius 3 is 2.43 bits per heavy atom. The number of piperidine rings is 1. The van der Waals surface area contributed by atoms with Gasteiger partial charge in [0.05, 0.1) is 11.6 Å². The molecule has 1 saturated heterocycles. The number of pyridine rings is 1. The molecule has 2 rings (SSSR count). The van der Waals surface area contributed by atoms with Crippen LogP contribution in [0, 0.1) is 0 Å². The van der Waals surface area contributed by atoms with E-state index >= 15 is 0 Å². The zero-order chi connectivity index (χ0) is 22.5. The maximum atomic E-state index is 13.5. The van der Waals surface area contributed by atoms with Crippen molar-refractivity contribution in [3.63, 3.8) is 0 Å². The Labute approximate surface area is 176 Å². The molecule has 0 spiro atoms. The van der Waals surface area contributed by atoms with Crippen molar-refractivity contribution in [3.8, 4) is 0 Å². The van der Waals surface area contributed by atoms with E-state index in [4.69, 9.17) is 11.6 Å². The molecule has 1 aromatic heterocycles. The Hall–Kier alpha value is -2.26. The van der Waals surface area contributed by atoms with Gasteiger partial charge in [-0.1, -0.05) is 36.9 Å². The number of amides is 1. The predicted molar refractivity (Wildman–Crippen MR) is 104 cm³/mol. The second-order valence-corrected chi connectivity index (χ2v) is 7.27. The summed E-state index contributed by atoms with van der Waals surface area (Å²) in [5, 5.41) is 2.61. The summed E-state index contributed by atoms with van der Waals surface area (Å²) < 4.78 is 65.5. The summed E-state index contributed by atoms with van der Waals surface area (Å²) in [5.74, 6) is -3.36. The van der Waals surface area contributed by atoms with Crippen LogP contribution in [0.25, 0.3) is 0 Å². The van der Waals surface area contributed by atoms with Gasteiger partial charge in [-0.2, -0.15) is 13.2 Å². The molecule has 1 aromatic rings. The van der Waals surface area contributed by atoms with Gasteiger partial charge in [0.2, 0.25) is 0 Å². The third-order valence-corrected chi connectivity index (χ3v) is 4.91. The van der Waals surface area contributed by atoms with Crippen molar-refractivity contribution in [1.29, 1.82) is 0 Å². The van der Waals surface area contributed by atoms with Gasteiger partial charge >= 0.3 is 6.18 Å². The molecule has 30 heavy (non-hydrogen) atoms. The van der Waals surface area contributed by atoms with Crippen molar-refractivity contribution < 1.29 is 26.7 Å². The monoisotopic (exact) mass is 449 g/mol. The van der Waals surface area contributed by atoms with E-state index in [0.29, 0.717) is 5.56 Å². The summed E-state index contributed by atoms with van der Waals surface area (Å²) in [6, 6.07) is 1.42. The highest BCUT2D eigenvalue weighted by atomic mass is 35.5. The van der Waals surface area contributed by atoms with Gasteiger partial charge in [-0.25, -0.2) is 8.78 Å². The zero-order valence-corrected chi connectivity index (χ0v) is 16.7. The Kier molecular flexibility index (Phi) is 7.76. The number of alkyl halides is 5. The van der Waals surface area contributed by atoms with E-state index in [9.17, 15) is 26.7 Å². The van der Waals surface area contributed by atoms with Gasteiger partial charge in [-0.15, -0.1) is 0 Å². The number of aromatic nitrogens is 1. The zero-order valence-electron chi connectivity index (χ0n) is 16.0. The van der Waals surface area contributed by atoms with E-state index in [1.165, 1.54) is 18.2 Å². The number of carbonyl (C=O) groups excluding carboxylic acids is 1. The van der Waals surface area contributed by atoms with Crippen molar-refractivity contribution in [1.82, 2.24) is 15.2 Å². The topological polar surface area (TPSA) is 45.2 Å². The van der Waals surface area contributed by atoms with Gasteiger partial charge in [-0.3, -0.25) is 14.7 Å². The second-order valence-electron chi connectivity index (χ2n) is 6.81. The first-order valence-corrected chi connectivity index (χ1v) is 9.43. The SMILES string of the molecule is C=C/C=C(\C(=C)Cl)C(=O)NCC(c1ccc(C(F)(F)F)nc1)N1CCC(F)(F)CC1. The maximum absolute atomic E-state index is 13.5. The molecule has 1 aliphatic heterocycles. The highest BCUT2D eigenvalue weighted by Crippen LogP contribution is 2.33. The molecule has 0 bridgehead atoms. The summed E-state index contributed by atoms with van der Waals surface area (Å²) in [6.45, 7) is 6.98. The molecular weight excluding hydrogens is 429 g/mol. The Bertz CT molecular complexity index is 811. The number of rotatable bonds is 7. The third kappa shape index (κ3) is 6.37. The number of halogens is 6. The molecule has 1 aliphatic rings. The average molecular weight is 450 g/mol. The third-order valence-electron chi connectivity index (χ3n) is 4.71. The summed E-state index contributed by atoms with van der Waals surface area (Å²) >= 11 is 5.81. The average Bonchev–Trinajstić information content (AvgIpc) is 2.66. The Morgan fingerprint density at radius 1 is 1.33 bits per heavy atom. The van der Waals surface area contributed by atoms with Crippen LogP contribution < -0.4 is 5.32 Å². The van der Waals surface area contributed by atoms with Crippen LogP contribution >= 0.6 is 11.6 Å². The Balaban J connectivity index is 2.24. The van der Waals surface area contributed by atoms with E-state index in [-0.39, 0.29) is 43.1 Å². The minimum Gasteiger partial charge on any atom is -0.350 e. The van der Waals surface area contributed by atoms with Gasteiger partial charge in [0.15, 0.2) is 0 Å². The number of nitrogens with zero attached hydrogens (tertiary/aromatic N) is 2. The van der Waals surface area contributed by atoms with Crippen molar-refractivity contribution in [2.24, 2.45) is 0 Å². The van der Waals surface area contributed by atoms with E-state index in [1.54, 1.807) is 4.90 Å². The molecule has 1 atom stereocenters. The molecule has 1 fully saturated rings. The second kappa shape index (κ2) is 9.70. The lowest BCUT2D eigenvalue weighted by Crippen LogP contribution is -2.45. The lowest BCUT2D eigenvalue weighted by atomic mass is 10.0. The first-order valence-electron chi connectivity index (χ1n) is 9.05. The van der Waals surface area contributed by atoms with Crippen LogP contribution in [0.5, 0.6) is 0 Å². The smallest absolute Gasteiger partial charge is 0.350 e. The van der Waals surface area contributed by atoms with Gasteiger partial charge in [0.1, 0.15) is 5.69 Å². The van der Waals surface area contributed by atoms with Crippen LogP contribution in [0.15, 0.2) is 54.2 Å². The quantitative estimate of drug-likeness (QED) is 0.367. The predicted octanol–water partition coefficient (Wildman–Crippen LogP) is 4.85. The van der Waals surface area contributed by atoms with E-state index < -0.39 is 29.7 Å². The molecule has 164 valence electrons. The molecule has 1 amide bonds. The standard InChI is InChI=1S/C20H21ClF5N3O/c1-3-4-15(13(2)21)18(30)28-12-16(29-9-7-19(22,23)8-10-29)14-5-6-17(27-11-14)20(24,25)26/h3-6,11,16H,1-2,7-10,12H2,(H,28,30)/b15-4+. The molecule has 1 N–H and O–H groups in total. The maximum Gasteiger partial charge on any atom is 0.433 e. The minimum absolute atomic E-state index is 0.0160. The highest BCUT2D eigenvalue weighted by molar-refractivity contribution is 6.35. The van der Waals surface area contributed by atoms with Crippen LogP contribution in [0.1, 0.15) is 30.1 Å². The van der Waals surface area contributed by atoms with Crippen LogP contribution in [-0.2, 0) is 11.0 Å². The van der Waals surface area contributed by atoms with Crippen molar-refractivity contribution in [2.75, 3.05) is 19.6 Å². The first-order chi connectivity index (χ1) is 13.9. The highest BCUT2D eigenvalue weighted by Gasteiger charge is 2.37. The number of allylic oxidation sites excluding steroid dienone is 2. The van der Waals surface area contributed by atoms with E-state index in [2.05, 4.69) is 23.5 Å².